The van der Waals surface area contributed by atoms with E-state index in [4.69, 9.17) is 9.73 Å². The van der Waals surface area contributed by atoms with Crippen LogP contribution in [0.4, 0.5) is 20.6 Å². The number of anilines is 1. The maximum atomic E-state index is 13.4. The van der Waals surface area contributed by atoms with Crippen molar-refractivity contribution in [3.63, 3.8) is 0 Å². The molecule has 7 nitrogen and oxygen atoms in total. The van der Waals surface area contributed by atoms with E-state index in [1.54, 1.807) is 23.5 Å². The fourth-order valence-electron chi connectivity index (χ4n) is 4.41. The van der Waals surface area contributed by atoms with E-state index >= 15 is 0 Å². The lowest BCUT2D eigenvalue weighted by Crippen LogP contribution is -2.37. The highest BCUT2D eigenvalue weighted by atomic mass is 32.1. The fraction of sp³-hybridized carbons (Fsp3) is 0.448. The molecule has 0 saturated carbocycles. The summed E-state index contributed by atoms with van der Waals surface area (Å²) >= 11 is 1.56. The fourth-order valence-corrected chi connectivity index (χ4v) is 5.37. The van der Waals surface area contributed by atoms with Crippen molar-refractivity contribution in [2.24, 2.45) is 4.99 Å². The van der Waals surface area contributed by atoms with Gasteiger partial charge in [0.15, 0.2) is 4.80 Å². The third kappa shape index (κ3) is 8.16. The zero-order valence-electron chi connectivity index (χ0n) is 22.1. The number of amides is 2. The van der Waals surface area contributed by atoms with Gasteiger partial charge in [-0.2, -0.15) is 0 Å². The van der Waals surface area contributed by atoms with Crippen molar-refractivity contribution in [1.29, 1.82) is 0 Å². The molecule has 2 N–H and O–H groups in total. The van der Waals surface area contributed by atoms with Crippen LogP contribution >= 0.6 is 11.3 Å². The number of unbranched alkanes of at least 4 members (excludes halogenated alkanes) is 3. The van der Waals surface area contributed by atoms with E-state index in [0.29, 0.717) is 25.3 Å². The molecular weight excluding hydrogens is 501 g/mol. The summed E-state index contributed by atoms with van der Waals surface area (Å²) in [6.07, 6.45) is 5.29. The third-order valence-electron chi connectivity index (χ3n) is 6.55. The smallest absolute Gasteiger partial charge is 0.314 e. The molecule has 0 atom stereocenters. The number of hydrogen-bond acceptors (Lipinski definition) is 5. The van der Waals surface area contributed by atoms with Gasteiger partial charge in [0.25, 0.3) is 0 Å². The Hall–Kier alpha value is -3.17. The van der Waals surface area contributed by atoms with Crippen LogP contribution in [0.3, 0.4) is 0 Å². The minimum Gasteiger partial charge on any atom is -0.378 e. The van der Waals surface area contributed by atoms with E-state index in [0.717, 1.165) is 61.6 Å². The lowest BCUT2D eigenvalue weighted by atomic mass is 10.1. The molecule has 9 heteroatoms. The summed E-state index contributed by atoms with van der Waals surface area (Å²) in [7, 11) is 0. The van der Waals surface area contributed by atoms with E-state index in [1.165, 1.54) is 30.7 Å². The quantitative estimate of drug-likeness (QED) is 0.290. The molecule has 1 fully saturated rings. The second kappa shape index (κ2) is 14.7. The number of aromatic nitrogens is 1. The molecule has 1 aliphatic heterocycles. The highest BCUT2D eigenvalue weighted by Gasteiger charge is 2.13. The Morgan fingerprint density at radius 3 is 2.39 bits per heavy atom. The van der Waals surface area contributed by atoms with Gasteiger partial charge >= 0.3 is 6.03 Å². The van der Waals surface area contributed by atoms with Crippen molar-refractivity contribution in [2.75, 3.05) is 44.3 Å². The molecule has 0 unspecified atom stereocenters. The van der Waals surface area contributed by atoms with Crippen molar-refractivity contribution in [3.05, 3.63) is 64.5 Å². The molecule has 1 saturated heterocycles. The summed E-state index contributed by atoms with van der Waals surface area (Å²) in [4.78, 5) is 20.1. The third-order valence-corrected chi connectivity index (χ3v) is 7.41. The van der Waals surface area contributed by atoms with Gasteiger partial charge in [-0.3, -0.25) is 0 Å². The van der Waals surface area contributed by atoms with Crippen LogP contribution in [0.2, 0.25) is 0 Å². The van der Waals surface area contributed by atoms with Crippen molar-refractivity contribution < 1.29 is 13.9 Å². The largest absolute Gasteiger partial charge is 0.378 e. The SMILES string of the molecule is CCCCCCNC(=O)NCCCn1c(-c2ccc(N3CCOCC3)cc2)cs/c1=N\c1ccc(F)cc1. The van der Waals surface area contributed by atoms with E-state index in [1.807, 2.05) is 0 Å². The summed E-state index contributed by atoms with van der Waals surface area (Å²) in [5, 5.41) is 8.02. The number of benzene rings is 2. The van der Waals surface area contributed by atoms with Gasteiger partial charge in [0.1, 0.15) is 5.82 Å². The molecule has 3 aromatic rings. The molecule has 2 amide bonds. The molecule has 2 heterocycles. The van der Waals surface area contributed by atoms with E-state index in [2.05, 4.69) is 56.7 Å². The Morgan fingerprint density at radius 1 is 0.974 bits per heavy atom. The zero-order valence-corrected chi connectivity index (χ0v) is 22.9. The molecule has 0 radical (unpaired) electrons. The number of morpholine rings is 1. The van der Waals surface area contributed by atoms with Crippen LogP contribution in [0.25, 0.3) is 11.3 Å². The normalized spacial score (nSPS) is 14.1. The molecule has 0 aliphatic carbocycles. The number of hydrogen-bond donors (Lipinski definition) is 2. The molecular formula is C29H38FN5O2S. The van der Waals surface area contributed by atoms with Crippen LogP contribution < -0.4 is 20.3 Å². The molecule has 1 aliphatic rings. The molecule has 1 aromatic heterocycles. The van der Waals surface area contributed by atoms with Gasteiger partial charge in [-0.05, 0) is 54.8 Å². The Labute approximate surface area is 228 Å². The summed E-state index contributed by atoms with van der Waals surface area (Å²) in [6.45, 7) is 7.45. The molecule has 2 aromatic carbocycles. The van der Waals surface area contributed by atoms with Gasteiger partial charge in [-0.1, -0.05) is 38.3 Å². The van der Waals surface area contributed by atoms with E-state index in [-0.39, 0.29) is 11.8 Å². The number of rotatable bonds is 12. The minimum absolute atomic E-state index is 0.119. The number of halogens is 1. The van der Waals surface area contributed by atoms with Crippen molar-refractivity contribution in [1.82, 2.24) is 15.2 Å². The van der Waals surface area contributed by atoms with Gasteiger partial charge in [-0.15, -0.1) is 11.3 Å². The Balaban J connectivity index is 1.44. The number of nitrogens with zero attached hydrogens (tertiary/aromatic N) is 3. The second-order valence-corrected chi connectivity index (χ2v) is 10.2. The second-order valence-electron chi connectivity index (χ2n) is 9.39. The summed E-state index contributed by atoms with van der Waals surface area (Å²) < 4.78 is 21.1. The highest BCUT2D eigenvalue weighted by molar-refractivity contribution is 7.07. The van der Waals surface area contributed by atoms with Gasteiger partial charge in [0.2, 0.25) is 0 Å². The number of carbonyl (C=O) groups excluding carboxylic acids is 1. The average Bonchev–Trinajstić information content (AvgIpc) is 3.35. The van der Waals surface area contributed by atoms with Crippen LogP contribution in [0.5, 0.6) is 0 Å². The monoisotopic (exact) mass is 539 g/mol. The Bertz CT molecular complexity index is 1200. The number of carbonyl (C=O) groups is 1. The first-order valence-electron chi connectivity index (χ1n) is 13.6. The van der Waals surface area contributed by atoms with E-state index in [9.17, 15) is 9.18 Å². The number of urea groups is 1. The van der Waals surface area contributed by atoms with Crippen molar-refractivity contribution >= 4 is 28.7 Å². The predicted molar refractivity (Wildman–Crippen MR) is 153 cm³/mol. The highest BCUT2D eigenvalue weighted by Crippen LogP contribution is 2.25. The molecule has 204 valence electrons. The first-order chi connectivity index (χ1) is 18.6. The average molecular weight is 540 g/mol. The first-order valence-corrected chi connectivity index (χ1v) is 14.5. The van der Waals surface area contributed by atoms with Crippen LogP contribution in [0, 0.1) is 5.82 Å². The van der Waals surface area contributed by atoms with Crippen LogP contribution in [0.1, 0.15) is 39.0 Å². The molecule has 0 bridgehead atoms. The van der Waals surface area contributed by atoms with Gasteiger partial charge < -0.3 is 24.8 Å². The van der Waals surface area contributed by atoms with Crippen molar-refractivity contribution in [2.45, 2.75) is 45.6 Å². The molecule has 38 heavy (non-hydrogen) atoms. The summed E-state index contributed by atoms with van der Waals surface area (Å²) in [6, 6.07) is 14.7. The van der Waals surface area contributed by atoms with Gasteiger partial charge in [0.05, 0.1) is 24.6 Å². The summed E-state index contributed by atoms with van der Waals surface area (Å²) in [5.41, 5.74) is 4.08. The van der Waals surface area contributed by atoms with Crippen LogP contribution in [-0.4, -0.2) is 50.0 Å². The summed E-state index contributed by atoms with van der Waals surface area (Å²) in [5.74, 6) is -0.279. The standard InChI is InChI=1S/C29H38FN5O2S/c1-2-3-4-5-15-31-28(36)32-16-6-17-35-27(22-38-29(35)33-25-11-9-24(30)10-12-25)23-7-13-26(14-8-23)34-18-20-37-21-19-34/h7-14,22H,2-6,15-21H2,1H3,(H2,31,32,36)/b33-29-. The molecule has 0 spiro atoms. The lowest BCUT2D eigenvalue weighted by molar-refractivity contribution is 0.122. The number of ether oxygens (including phenoxy) is 1. The maximum absolute atomic E-state index is 13.4. The topological polar surface area (TPSA) is 70.9 Å². The van der Waals surface area contributed by atoms with Gasteiger partial charge in [0, 0.05) is 43.8 Å². The predicted octanol–water partition coefficient (Wildman–Crippen LogP) is 5.69. The Kier molecular flexibility index (Phi) is 10.8. The maximum Gasteiger partial charge on any atom is 0.314 e. The minimum atomic E-state index is -0.279. The first kappa shape index (κ1) is 27.9. The number of thiazole rings is 1. The molecule has 4 rings (SSSR count). The Morgan fingerprint density at radius 2 is 1.68 bits per heavy atom. The van der Waals surface area contributed by atoms with Gasteiger partial charge in [-0.25, -0.2) is 14.2 Å². The zero-order chi connectivity index (χ0) is 26.6. The van der Waals surface area contributed by atoms with Crippen molar-refractivity contribution in [3.8, 4) is 11.3 Å². The number of nitrogens with one attached hydrogen (secondary N) is 2. The van der Waals surface area contributed by atoms with E-state index < -0.39 is 0 Å². The van der Waals surface area contributed by atoms with Crippen LogP contribution in [0.15, 0.2) is 58.9 Å². The lowest BCUT2D eigenvalue weighted by Gasteiger charge is -2.28. The van der Waals surface area contributed by atoms with Crippen LogP contribution in [-0.2, 0) is 11.3 Å².